The predicted octanol–water partition coefficient (Wildman–Crippen LogP) is 3.49. The Hall–Kier alpha value is -2.68. The summed E-state index contributed by atoms with van der Waals surface area (Å²) >= 11 is 1.42. The molecule has 2 amide bonds. The van der Waals surface area contributed by atoms with Gasteiger partial charge in [0.1, 0.15) is 5.01 Å². The number of nitrogens with zero attached hydrogens (tertiary/aromatic N) is 3. The zero-order chi connectivity index (χ0) is 22.4. The summed E-state index contributed by atoms with van der Waals surface area (Å²) < 4.78 is 10.6. The molecule has 0 spiro atoms. The van der Waals surface area contributed by atoms with Crippen molar-refractivity contribution in [3.05, 3.63) is 28.8 Å². The summed E-state index contributed by atoms with van der Waals surface area (Å²) in [5.41, 5.74) is 1.04. The minimum atomic E-state index is -0.376. The third-order valence-electron chi connectivity index (χ3n) is 5.71. The fourth-order valence-electron chi connectivity index (χ4n) is 3.76. The second-order valence-corrected chi connectivity index (χ2v) is 8.64. The summed E-state index contributed by atoms with van der Waals surface area (Å²) in [5.74, 6) is 1.14. The maximum Gasteiger partial charge on any atom is 0.231 e. The molecule has 1 saturated heterocycles. The van der Waals surface area contributed by atoms with Crippen LogP contribution < -0.4 is 14.8 Å². The Bertz CT molecular complexity index is 913. The van der Waals surface area contributed by atoms with Crippen molar-refractivity contribution in [2.24, 2.45) is 5.92 Å². The van der Waals surface area contributed by atoms with E-state index in [1.807, 2.05) is 18.2 Å². The van der Waals surface area contributed by atoms with Crippen LogP contribution >= 0.6 is 11.3 Å². The zero-order valence-corrected chi connectivity index (χ0v) is 19.3. The lowest BCUT2D eigenvalue weighted by Gasteiger charge is -2.17. The maximum absolute atomic E-state index is 12.7. The molecule has 0 radical (unpaired) electrons. The molecule has 1 atom stereocenters. The van der Waals surface area contributed by atoms with E-state index in [-0.39, 0.29) is 24.2 Å². The van der Waals surface area contributed by atoms with E-state index in [0.29, 0.717) is 42.1 Å². The van der Waals surface area contributed by atoms with Gasteiger partial charge in [0.05, 0.1) is 20.1 Å². The molecule has 168 valence electrons. The van der Waals surface area contributed by atoms with Crippen molar-refractivity contribution in [1.29, 1.82) is 0 Å². The average Bonchev–Trinajstić information content (AvgIpc) is 3.39. The summed E-state index contributed by atoms with van der Waals surface area (Å²) in [6, 6.07) is 5.73. The van der Waals surface area contributed by atoms with E-state index >= 15 is 0 Å². The highest BCUT2D eigenvalue weighted by Gasteiger charge is 2.34. The number of anilines is 1. The molecule has 1 N–H and O–H groups in total. The minimum Gasteiger partial charge on any atom is -0.493 e. The van der Waals surface area contributed by atoms with Crippen molar-refractivity contribution >= 4 is 28.3 Å². The lowest BCUT2D eigenvalue weighted by atomic mass is 10.1. The van der Waals surface area contributed by atoms with Gasteiger partial charge in [0.15, 0.2) is 11.5 Å². The molecule has 1 aromatic carbocycles. The Labute approximate surface area is 186 Å². The van der Waals surface area contributed by atoms with Crippen LogP contribution in [-0.4, -0.2) is 54.2 Å². The maximum atomic E-state index is 12.7. The third kappa shape index (κ3) is 5.52. The van der Waals surface area contributed by atoms with Gasteiger partial charge in [-0.1, -0.05) is 31.3 Å². The number of methoxy groups -OCH3 is 2. The van der Waals surface area contributed by atoms with Gasteiger partial charge in [-0.3, -0.25) is 9.59 Å². The standard InChI is InChI=1S/C22H30N4O4S/c1-5-15(6-2)21-24-25-22(31-21)23-20(28)16-12-19(27)26(13-16)10-9-14-7-8-17(29-3)18(11-14)30-4/h7-8,11,15-16H,5-6,9-10,12-13H2,1-4H3,(H,23,25,28). The number of hydrogen-bond donors (Lipinski definition) is 1. The highest BCUT2D eigenvalue weighted by atomic mass is 32.1. The van der Waals surface area contributed by atoms with Crippen LogP contribution in [0.3, 0.4) is 0 Å². The molecule has 1 aliphatic rings. The SMILES string of the molecule is CCC(CC)c1nnc(NC(=O)C2CC(=O)N(CCc3ccc(OC)c(OC)c3)C2)s1. The van der Waals surface area contributed by atoms with E-state index in [4.69, 9.17) is 9.47 Å². The molecule has 9 heteroatoms. The van der Waals surface area contributed by atoms with E-state index in [9.17, 15) is 9.59 Å². The Morgan fingerprint density at radius 2 is 1.97 bits per heavy atom. The second-order valence-electron chi connectivity index (χ2n) is 7.63. The lowest BCUT2D eigenvalue weighted by Crippen LogP contribution is -2.30. The van der Waals surface area contributed by atoms with Crippen LogP contribution in [0.15, 0.2) is 18.2 Å². The van der Waals surface area contributed by atoms with Crippen LogP contribution in [0.5, 0.6) is 11.5 Å². The highest BCUT2D eigenvalue weighted by Crippen LogP contribution is 2.30. The van der Waals surface area contributed by atoms with Gasteiger partial charge in [-0.2, -0.15) is 0 Å². The summed E-state index contributed by atoms with van der Waals surface area (Å²) in [7, 11) is 3.19. The largest absolute Gasteiger partial charge is 0.493 e. The number of aromatic nitrogens is 2. The molecule has 2 heterocycles. The Morgan fingerprint density at radius 3 is 2.65 bits per heavy atom. The van der Waals surface area contributed by atoms with E-state index in [1.165, 1.54) is 11.3 Å². The van der Waals surface area contributed by atoms with Crippen LogP contribution in [0.4, 0.5) is 5.13 Å². The summed E-state index contributed by atoms with van der Waals surface area (Å²) in [6.07, 6.45) is 2.88. The van der Waals surface area contributed by atoms with Gasteiger partial charge in [0.2, 0.25) is 16.9 Å². The number of ether oxygens (including phenoxy) is 2. The molecule has 1 unspecified atom stereocenters. The molecule has 31 heavy (non-hydrogen) atoms. The van der Waals surface area contributed by atoms with E-state index < -0.39 is 0 Å². The lowest BCUT2D eigenvalue weighted by molar-refractivity contribution is -0.128. The number of carbonyl (C=O) groups excluding carboxylic acids is 2. The summed E-state index contributed by atoms with van der Waals surface area (Å²) in [6.45, 7) is 5.20. The van der Waals surface area contributed by atoms with Crippen molar-refractivity contribution in [3.63, 3.8) is 0 Å². The average molecular weight is 447 g/mol. The predicted molar refractivity (Wildman–Crippen MR) is 120 cm³/mol. The van der Waals surface area contributed by atoms with E-state index in [1.54, 1.807) is 19.1 Å². The molecule has 1 aromatic heterocycles. The first kappa shape index (κ1) is 23.0. The molecular formula is C22H30N4O4S. The van der Waals surface area contributed by atoms with Crippen molar-refractivity contribution in [2.75, 3.05) is 32.6 Å². The van der Waals surface area contributed by atoms with E-state index in [2.05, 4.69) is 29.4 Å². The zero-order valence-electron chi connectivity index (χ0n) is 18.5. The smallest absolute Gasteiger partial charge is 0.231 e. The van der Waals surface area contributed by atoms with Crippen LogP contribution in [0, 0.1) is 5.92 Å². The van der Waals surface area contributed by atoms with Crippen molar-refractivity contribution in [3.8, 4) is 11.5 Å². The van der Waals surface area contributed by atoms with Crippen molar-refractivity contribution in [2.45, 2.75) is 45.4 Å². The molecule has 0 saturated carbocycles. The number of rotatable bonds is 10. The quantitative estimate of drug-likeness (QED) is 0.600. The molecule has 3 rings (SSSR count). The molecule has 8 nitrogen and oxygen atoms in total. The number of carbonyl (C=O) groups is 2. The summed E-state index contributed by atoms with van der Waals surface area (Å²) in [4.78, 5) is 26.9. The summed E-state index contributed by atoms with van der Waals surface area (Å²) in [5, 5.41) is 12.6. The molecule has 2 aromatic rings. The Balaban J connectivity index is 1.54. The molecule has 1 aliphatic heterocycles. The van der Waals surface area contributed by atoms with Gasteiger partial charge >= 0.3 is 0 Å². The number of likely N-dealkylation sites (tertiary alicyclic amines) is 1. The number of benzene rings is 1. The topological polar surface area (TPSA) is 93.7 Å². The van der Waals surface area contributed by atoms with Gasteiger partial charge in [0, 0.05) is 25.4 Å². The fraction of sp³-hybridized carbons (Fsp3) is 0.545. The number of nitrogens with one attached hydrogen (secondary N) is 1. The highest BCUT2D eigenvalue weighted by molar-refractivity contribution is 7.15. The third-order valence-corrected chi connectivity index (χ3v) is 6.71. The van der Waals surface area contributed by atoms with E-state index in [0.717, 1.165) is 23.4 Å². The van der Waals surface area contributed by atoms with Crippen LogP contribution in [0.1, 0.15) is 49.6 Å². The molecule has 0 bridgehead atoms. The second kappa shape index (κ2) is 10.6. The number of amides is 2. The fourth-order valence-corrected chi connectivity index (χ4v) is 4.77. The van der Waals surface area contributed by atoms with Crippen molar-refractivity contribution < 1.29 is 19.1 Å². The van der Waals surface area contributed by atoms with Crippen LogP contribution in [0.2, 0.25) is 0 Å². The Kier molecular flexibility index (Phi) is 7.84. The normalized spacial score (nSPS) is 16.1. The number of hydrogen-bond acceptors (Lipinski definition) is 7. The molecule has 0 aliphatic carbocycles. The van der Waals surface area contributed by atoms with Crippen LogP contribution in [0.25, 0.3) is 0 Å². The van der Waals surface area contributed by atoms with Gasteiger partial charge in [-0.15, -0.1) is 10.2 Å². The molecular weight excluding hydrogens is 416 g/mol. The van der Waals surface area contributed by atoms with Gasteiger partial charge < -0.3 is 19.7 Å². The van der Waals surface area contributed by atoms with Gasteiger partial charge in [-0.05, 0) is 37.0 Å². The van der Waals surface area contributed by atoms with Gasteiger partial charge in [0.25, 0.3) is 0 Å². The van der Waals surface area contributed by atoms with Gasteiger partial charge in [-0.25, -0.2) is 0 Å². The van der Waals surface area contributed by atoms with Crippen molar-refractivity contribution in [1.82, 2.24) is 15.1 Å². The van der Waals surface area contributed by atoms with Crippen LogP contribution in [-0.2, 0) is 16.0 Å². The molecule has 1 fully saturated rings. The monoisotopic (exact) mass is 446 g/mol. The first-order valence-corrected chi connectivity index (χ1v) is 11.4. The first-order valence-electron chi connectivity index (χ1n) is 10.6. The Morgan fingerprint density at radius 1 is 1.23 bits per heavy atom. The first-order chi connectivity index (χ1) is 15.0. The minimum absolute atomic E-state index is 0.00407.